The molecule has 4 aromatic rings. The van der Waals surface area contributed by atoms with Crippen molar-refractivity contribution in [3.8, 4) is 16.9 Å². The highest BCUT2D eigenvalue weighted by molar-refractivity contribution is 5.83. The van der Waals surface area contributed by atoms with Crippen molar-refractivity contribution in [2.24, 2.45) is 0 Å². The van der Waals surface area contributed by atoms with E-state index < -0.39 is 5.60 Å². The van der Waals surface area contributed by atoms with E-state index in [1.165, 1.54) is 5.56 Å². The molecule has 0 radical (unpaired) electrons. The zero-order valence-corrected chi connectivity index (χ0v) is 23.3. The Bertz CT molecular complexity index is 1470. The summed E-state index contributed by atoms with van der Waals surface area (Å²) in [6, 6.07) is 12.4. The Morgan fingerprint density at radius 1 is 1.05 bits per heavy atom. The van der Waals surface area contributed by atoms with Crippen LogP contribution in [-0.4, -0.2) is 74.7 Å². The predicted octanol–water partition coefficient (Wildman–Crippen LogP) is 4.98. The predicted molar refractivity (Wildman–Crippen MR) is 151 cm³/mol. The lowest BCUT2D eigenvalue weighted by Crippen LogP contribution is -2.49. The molecule has 0 aliphatic carbocycles. The number of rotatable bonds is 6. The third kappa shape index (κ3) is 6.54. The van der Waals surface area contributed by atoms with Crippen molar-refractivity contribution in [3.05, 3.63) is 71.6 Å². The van der Waals surface area contributed by atoms with Gasteiger partial charge in [-0.2, -0.15) is 0 Å². The lowest BCUT2D eigenvalue weighted by atomic mass is 10.0. The first-order valence-corrected chi connectivity index (χ1v) is 13.3. The van der Waals surface area contributed by atoms with Crippen LogP contribution < -0.4 is 4.74 Å². The molecule has 1 aromatic carbocycles. The minimum atomic E-state index is -0.476. The van der Waals surface area contributed by atoms with Crippen LogP contribution in [0.1, 0.15) is 43.5 Å². The van der Waals surface area contributed by atoms with Crippen LogP contribution in [0.15, 0.2) is 48.8 Å². The number of nitrogens with one attached hydrogen (secondary N) is 1. The van der Waals surface area contributed by atoms with Gasteiger partial charge in [0.2, 0.25) is 0 Å². The van der Waals surface area contributed by atoms with Gasteiger partial charge in [-0.25, -0.2) is 9.78 Å². The summed E-state index contributed by atoms with van der Waals surface area (Å²) in [5.41, 5.74) is 6.56. The second kappa shape index (κ2) is 11.0. The van der Waals surface area contributed by atoms with Crippen molar-refractivity contribution in [2.45, 2.75) is 46.3 Å². The fraction of sp³-hybridized carbons (Fsp3) is 0.400. The standard InChI is InChI=1S/C30H36N6O3/c1-20-14-24(27(38-5)18-32-20)22-6-7-25-26(16-22)34-28(33-25)17-23-15-21(8-9-31-23)19-35-10-12-36(13-11-35)29(37)39-30(2,3)4/h6-9,14-16,18H,10-13,17,19H2,1-5H3,(H,33,34). The Morgan fingerprint density at radius 3 is 2.59 bits per heavy atom. The molecule has 1 N–H and O–H groups in total. The van der Waals surface area contributed by atoms with Gasteiger partial charge in [0.05, 0.1) is 24.3 Å². The molecule has 1 aliphatic heterocycles. The number of nitrogens with zero attached hydrogens (tertiary/aromatic N) is 5. The summed E-state index contributed by atoms with van der Waals surface area (Å²) in [7, 11) is 1.66. The van der Waals surface area contributed by atoms with Crippen molar-refractivity contribution in [2.75, 3.05) is 33.3 Å². The van der Waals surface area contributed by atoms with E-state index in [-0.39, 0.29) is 6.09 Å². The summed E-state index contributed by atoms with van der Waals surface area (Å²) < 4.78 is 11.0. The minimum absolute atomic E-state index is 0.235. The van der Waals surface area contributed by atoms with Crippen LogP contribution >= 0.6 is 0 Å². The Kier molecular flexibility index (Phi) is 7.52. The lowest BCUT2D eigenvalue weighted by Gasteiger charge is -2.35. The van der Waals surface area contributed by atoms with Gasteiger partial charge in [-0.15, -0.1) is 0 Å². The number of imidazole rings is 1. The first-order chi connectivity index (χ1) is 18.7. The number of pyridine rings is 2. The first kappa shape index (κ1) is 26.6. The number of carbonyl (C=O) groups excluding carboxylic acids is 1. The minimum Gasteiger partial charge on any atom is -0.494 e. The molecule has 1 amide bonds. The molecule has 5 rings (SSSR count). The quantitative estimate of drug-likeness (QED) is 0.377. The van der Waals surface area contributed by atoms with Gasteiger partial charge in [-0.05, 0) is 69.2 Å². The third-order valence-corrected chi connectivity index (χ3v) is 6.73. The molecular weight excluding hydrogens is 492 g/mol. The van der Waals surface area contributed by atoms with E-state index >= 15 is 0 Å². The van der Waals surface area contributed by atoms with Gasteiger partial charge >= 0.3 is 6.09 Å². The van der Waals surface area contributed by atoms with E-state index in [1.807, 2.05) is 46.0 Å². The zero-order chi connectivity index (χ0) is 27.6. The van der Waals surface area contributed by atoms with Gasteiger partial charge in [0.15, 0.2) is 0 Å². The molecule has 0 saturated carbocycles. The number of benzene rings is 1. The smallest absolute Gasteiger partial charge is 0.410 e. The summed E-state index contributed by atoms with van der Waals surface area (Å²) in [6.07, 6.45) is 4.00. The summed E-state index contributed by atoms with van der Waals surface area (Å²) in [5.74, 6) is 1.61. The van der Waals surface area contributed by atoms with Gasteiger partial charge < -0.3 is 19.4 Å². The second-order valence-corrected chi connectivity index (χ2v) is 11.0. The average molecular weight is 529 g/mol. The van der Waals surface area contributed by atoms with Crippen molar-refractivity contribution in [1.82, 2.24) is 29.7 Å². The molecule has 4 heterocycles. The van der Waals surface area contributed by atoms with Crippen LogP contribution in [-0.2, 0) is 17.7 Å². The maximum Gasteiger partial charge on any atom is 0.410 e. The first-order valence-electron chi connectivity index (χ1n) is 13.3. The molecule has 1 saturated heterocycles. The second-order valence-electron chi connectivity index (χ2n) is 11.0. The lowest BCUT2D eigenvalue weighted by molar-refractivity contribution is 0.0139. The van der Waals surface area contributed by atoms with E-state index in [4.69, 9.17) is 14.5 Å². The van der Waals surface area contributed by atoms with E-state index in [2.05, 4.69) is 44.1 Å². The van der Waals surface area contributed by atoms with Crippen molar-refractivity contribution in [3.63, 3.8) is 0 Å². The van der Waals surface area contributed by atoms with Crippen LogP contribution in [0, 0.1) is 6.92 Å². The summed E-state index contributed by atoms with van der Waals surface area (Å²) in [6.45, 7) is 11.4. The van der Waals surface area contributed by atoms with Gasteiger partial charge in [-0.3, -0.25) is 14.9 Å². The molecular formula is C30H36N6O3. The molecule has 204 valence electrons. The third-order valence-electron chi connectivity index (χ3n) is 6.73. The molecule has 39 heavy (non-hydrogen) atoms. The normalized spacial score (nSPS) is 14.5. The van der Waals surface area contributed by atoms with Gasteiger partial charge in [0.25, 0.3) is 0 Å². The molecule has 0 bridgehead atoms. The number of aromatic amines is 1. The Labute approximate surface area is 229 Å². The summed E-state index contributed by atoms with van der Waals surface area (Å²) in [4.78, 5) is 33.7. The van der Waals surface area contributed by atoms with Crippen LogP contribution in [0.25, 0.3) is 22.2 Å². The number of amides is 1. The van der Waals surface area contributed by atoms with E-state index in [9.17, 15) is 4.79 Å². The molecule has 0 unspecified atom stereocenters. The van der Waals surface area contributed by atoms with E-state index in [0.717, 1.165) is 64.8 Å². The van der Waals surface area contributed by atoms with Crippen molar-refractivity contribution in [1.29, 1.82) is 0 Å². The molecule has 1 fully saturated rings. The number of fused-ring (bicyclic) bond motifs is 1. The van der Waals surface area contributed by atoms with Crippen LogP contribution in [0.4, 0.5) is 4.79 Å². The number of methoxy groups -OCH3 is 1. The monoisotopic (exact) mass is 528 g/mol. The largest absolute Gasteiger partial charge is 0.494 e. The highest BCUT2D eigenvalue weighted by atomic mass is 16.6. The molecule has 0 atom stereocenters. The van der Waals surface area contributed by atoms with Crippen molar-refractivity contribution >= 4 is 17.1 Å². The zero-order valence-electron chi connectivity index (χ0n) is 23.3. The maximum atomic E-state index is 12.4. The number of ether oxygens (including phenoxy) is 2. The van der Waals surface area contributed by atoms with Crippen LogP contribution in [0.3, 0.4) is 0 Å². The topological polar surface area (TPSA) is 96.5 Å². The van der Waals surface area contributed by atoms with Gasteiger partial charge in [0.1, 0.15) is 17.2 Å². The Morgan fingerprint density at radius 2 is 1.85 bits per heavy atom. The number of aromatic nitrogens is 4. The van der Waals surface area contributed by atoms with Crippen molar-refractivity contribution < 1.29 is 14.3 Å². The highest BCUT2D eigenvalue weighted by Crippen LogP contribution is 2.31. The Balaban J connectivity index is 1.23. The molecule has 1 aliphatic rings. The maximum absolute atomic E-state index is 12.4. The number of piperazine rings is 1. The van der Waals surface area contributed by atoms with Crippen LogP contribution in [0.5, 0.6) is 5.75 Å². The van der Waals surface area contributed by atoms with Crippen LogP contribution in [0.2, 0.25) is 0 Å². The van der Waals surface area contributed by atoms with E-state index in [1.54, 1.807) is 18.2 Å². The number of hydrogen-bond acceptors (Lipinski definition) is 7. The Hall–Kier alpha value is -3.98. The highest BCUT2D eigenvalue weighted by Gasteiger charge is 2.25. The number of hydrogen-bond donors (Lipinski definition) is 1. The molecule has 9 nitrogen and oxygen atoms in total. The fourth-order valence-corrected chi connectivity index (χ4v) is 4.82. The number of aryl methyl sites for hydroxylation is 1. The average Bonchev–Trinajstić information content (AvgIpc) is 3.29. The van der Waals surface area contributed by atoms with Gasteiger partial charge in [-0.1, -0.05) is 6.07 Å². The number of carbonyl (C=O) groups is 1. The molecule has 3 aromatic heterocycles. The SMILES string of the molecule is COc1cnc(C)cc1-c1ccc2nc(Cc3cc(CN4CCN(C(=O)OC(C)(C)C)CC4)ccn3)[nH]c2c1. The summed E-state index contributed by atoms with van der Waals surface area (Å²) >= 11 is 0. The number of H-pyrrole nitrogens is 1. The fourth-order valence-electron chi connectivity index (χ4n) is 4.82. The van der Waals surface area contributed by atoms with Gasteiger partial charge in [0, 0.05) is 62.3 Å². The van der Waals surface area contributed by atoms with E-state index in [0.29, 0.717) is 19.5 Å². The molecule has 0 spiro atoms. The summed E-state index contributed by atoms with van der Waals surface area (Å²) in [5, 5.41) is 0. The molecule has 9 heteroatoms.